The molecule has 0 saturated carbocycles. The minimum atomic E-state index is -4.86. The summed E-state index contributed by atoms with van der Waals surface area (Å²) >= 11 is 0. The minimum absolute atomic E-state index is 0.0140. The van der Waals surface area contributed by atoms with E-state index in [1.54, 1.807) is 0 Å². The molecule has 0 atom stereocenters. The van der Waals surface area contributed by atoms with Gasteiger partial charge in [0.15, 0.2) is 23.1 Å². The molecule has 3 N–H and O–H groups in total. The molecule has 11 heteroatoms. The third kappa shape index (κ3) is 3.68. The molecule has 164 valence electrons. The first kappa shape index (κ1) is 21.1. The average Bonchev–Trinajstić information content (AvgIpc) is 3.09. The van der Waals surface area contributed by atoms with E-state index in [0.717, 1.165) is 34.9 Å². The van der Waals surface area contributed by atoms with Gasteiger partial charge in [0.2, 0.25) is 5.82 Å². The Morgan fingerprint density at radius 1 is 0.969 bits per heavy atom. The fourth-order valence-electron chi connectivity index (χ4n) is 3.12. The van der Waals surface area contributed by atoms with Crippen molar-refractivity contribution < 1.29 is 37.0 Å². The number of aromatic hydroxyl groups is 2. The Kier molecular flexibility index (Phi) is 4.96. The fourth-order valence-corrected chi connectivity index (χ4v) is 3.12. The number of carbonyl (C=O) groups excluding carboxylic acids is 1. The molecule has 1 heterocycles. The van der Waals surface area contributed by atoms with E-state index in [0.29, 0.717) is 0 Å². The molecule has 0 fully saturated rings. The molecule has 1 amide bonds. The van der Waals surface area contributed by atoms with Gasteiger partial charge in [0.1, 0.15) is 0 Å². The van der Waals surface area contributed by atoms with Crippen LogP contribution in [0.2, 0.25) is 0 Å². The van der Waals surface area contributed by atoms with Crippen LogP contribution < -0.4 is 5.32 Å². The second kappa shape index (κ2) is 7.52. The number of anilines is 1. The number of carbonyl (C=O) groups is 1. The monoisotopic (exact) mass is 449 g/mol. The molecular weight excluding hydrogens is 437 g/mol. The van der Waals surface area contributed by atoms with E-state index in [4.69, 9.17) is 0 Å². The Hall–Kier alpha value is -4.15. The van der Waals surface area contributed by atoms with Crippen LogP contribution in [0.3, 0.4) is 0 Å². The number of alkyl halides is 3. The largest absolute Gasteiger partial charge is 0.504 e. The number of halogens is 5. The topological polar surface area (TPSA) is 87.4 Å². The first-order valence-corrected chi connectivity index (χ1v) is 8.93. The molecule has 3 aromatic carbocycles. The highest BCUT2D eigenvalue weighted by Gasteiger charge is 2.38. The SMILES string of the molecule is O=C(Nc1ccc(-n2c(C(F)(F)F)nc3cc(O)c(O)cc32)cc1)c1cccc(F)c1F. The van der Waals surface area contributed by atoms with Gasteiger partial charge in [0.05, 0.1) is 16.6 Å². The van der Waals surface area contributed by atoms with E-state index < -0.39 is 46.6 Å². The average molecular weight is 449 g/mol. The lowest BCUT2D eigenvalue weighted by Gasteiger charge is -2.13. The molecular formula is C21H12F5N3O3. The number of phenolic OH excluding ortho intramolecular Hbond substituents is 2. The van der Waals surface area contributed by atoms with Gasteiger partial charge in [-0.05, 0) is 36.4 Å². The van der Waals surface area contributed by atoms with Crippen LogP contribution in [0.4, 0.5) is 27.6 Å². The number of amides is 1. The van der Waals surface area contributed by atoms with Crippen molar-refractivity contribution in [2.45, 2.75) is 6.18 Å². The van der Waals surface area contributed by atoms with Crippen LogP contribution in [0.25, 0.3) is 16.7 Å². The maximum atomic E-state index is 13.8. The van der Waals surface area contributed by atoms with E-state index in [-0.39, 0.29) is 22.4 Å². The first-order valence-electron chi connectivity index (χ1n) is 8.93. The minimum Gasteiger partial charge on any atom is -0.504 e. The maximum absolute atomic E-state index is 13.8. The molecule has 0 saturated heterocycles. The third-order valence-electron chi connectivity index (χ3n) is 4.58. The molecule has 0 aliphatic rings. The van der Waals surface area contributed by atoms with Crippen molar-refractivity contribution in [3.63, 3.8) is 0 Å². The molecule has 0 unspecified atom stereocenters. The summed E-state index contributed by atoms with van der Waals surface area (Å²) < 4.78 is 68.5. The van der Waals surface area contributed by atoms with Crippen LogP contribution >= 0.6 is 0 Å². The highest BCUT2D eigenvalue weighted by atomic mass is 19.4. The summed E-state index contributed by atoms with van der Waals surface area (Å²) in [6.07, 6.45) is -4.86. The van der Waals surface area contributed by atoms with Crippen molar-refractivity contribution in [3.05, 3.63) is 77.6 Å². The van der Waals surface area contributed by atoms with Gasteiger partial charge in [-0.2, -0.15) is 13.2 Å². The molecule has 0 aliphatic carbocycles. The number of nitrogens with one attached hydrogen (secondary N) is 1. The first-order chi connectivity index (χ1) is 15.1. The van der Waals surface area contributed by atoms with Crippen LogP contribution in [-0.2, 0) is 6.18 Å². The lowest BCUT2D eigenvalue weighted by Crippen LogP contribution is -2.15. The number of fused-ring (bicyclic) bond motifs is 1. The maximum Gasteiger partial charge on any atom is 0.450 e. The van der Waals surface area contributed by atoms with Gasteiger partial charge in [-0.25, -0.2) is 13.8 Å². The Morgan fingerprint density at radius 3 is 2.28 bits per heavy atom. The lowest BCUT2D eigenvalue weighted by atomic mass is 10.2. The van der Waals surface area contributed by atoms with Gasteiger partial charge in [-0.3, -0.25) is 9.36 Å². The van der Waals surface area contributed by atoms with Gasteiger partial charge in [0.25, 0.3) is 5.91 Å². The summed E-state index contributed by atoms with van der Waals surface area (Å²) in [5, 5.41) is 21.6. The van der Waals surface area contributed by atoms with Gasteiger partial charge < -0.3 is 15.5 Å². The van der Waals surface area contributed by atoms with Crippen LogP contribution in [0, 0.1) is 11.6 Å². The van der Waals surface area contributed by atoms with E-state index in [1.807, 2.05) is 0 Å². The van der Waals surface area contributed by atoms with E-state index in [9.17, 15) is 37.0 Å². The van der Waals surface area contributed by atoms with Crippen molar-refractivity contribution in [2.24, 2.45) is 0 Å². The Bertz CT molecular complexity index is 1350. The number of imidazole rings is 1. The van der Waals surface area contributed by atoms with Gasteiger partial charge in [0, 0.05) is 23.5 Å². The number of hydrogen-bond donors (Lipinski definition) is 3. The summed E-state index contributed by atoms with van der Waals surface area (Å²) in [7, 11) is 0. The highest BCUT2D eigenvalue weighted by Crippen LogP contribution is 2.37. The summed E-state index contributed by atoms with van der Waals surface area (Å²) in [6, 6.07) is 9.92. The zero-order valence-corrected chi connectivity index (χ0v) is 15.8. The number of hydrogen-bond acceptors (Lipinski definition) is 4. The molecule has 1 aromatic heterocycles. The molecule has 0 bridgehead atoms. The zero-order chi connectivity index (χ0) is 23.2. The summed E-state index contributed by atoms with van der Waals surface area (Å²) in [6.45, 7) is 0. The number of rotatable bonds is 3. The van der Waals surface area contributed by atoms with Crippen LogP contribution in [0.5, 0.6) is 11.5 Å². The molecule has 4 aromatic rings. The third-order valence-corrected chi connectivity index (χ3v) is 4.58. The van der Waals surface area contributed by atoms with E-state index in [2.05, 4.69) is 10.3 Å². The van der Waals surface area contributed by atoms with Crippen molar-refractivity contribution in [1.82, 2.24) is 9.55 Å². The summed E-state index contributed by atoms with van der Waals surface area (Å²) in [4.78, 5) is 15.7. The van der Waals surface area contributed by atoms with Gasteiger partial charge in [-0.1, -0.05) is 6.07 Å². The number of aromatic nitrogens is 2. The number of nitrogens with zero attached hydrogens (tertiary/aromatic N) is 2. The molecule has 0 radical (unpaired) electrons. The molecule has 4 rings (SSSR count). The van der Waals surface area contributed by atoms with Crippen molar-refractivity contribution in [1.29, 1.82) is 0 Å². The molecule has 32 heavy (non-hydrogen) atoms. The Balaban J connectivity index is 1.72. The molecule has 0 aliphatic heterocycles. The predicted octanol–water partition coefficient (Wildman–Crippen LogP) is 4.99. The Morgan fingerprint density at radius 2 is 1.62 bits per heavy atom. The van der Waals surface area contributed by atoms with Gasteiger partial charge >= 0.3 is 6.18 Å². The van der Waals surface area contributed by atoms with Crippen molar-refractivity contribution in [3.8, 4) is 17.2 Å². The normalized spacial score (nSPS) is 11.7. The van der Waals surface area contributed by atoms with Crippen molar-refractivity contribution >= 4 is 22.6 Å². The fraction of sp³-hybridized carbons (Fsp3) is 0.0476. The van der Waals surface area contributed by atoms with E-state index >= 15 is 0 Å². The molecule has 6 nitrogen and oxygen atoms in total. The number of benzene rings is 3. The standard InChI is InChI=1S/C21H12F5N3O3/c22-13-3-1-2-12(18(13)23)19(32)27-10-4-6-11(7-5-10)29-15-9-17(31)16(30)8-14(15)28-20(29)21(24,25)26/h1-9,30-31H,(H,27,32). The van der Waals surface area contributed by atoms with E-state index in [1.165, 1.54) is 24.3 Å². The molecule has 0 spiro atoms. The zero-order valence-electron chi connectivity index (χ0n) is 15.8. The lowest BCUT2D eigenvalue weighted by molar-refractivity contribution is -0.145. The second-order valence-electron chi connectivity index (χ2n) is 6.70. The summed E-state index contributed by atoms with van der Waals surface area (Å²) in [5.74, 6) is -6.03. The summed E-state index contributed by atoms with van der Waals surface area (Å²) in [5.41, 5.74) is -0.761. The van der Waals surface area contributed by atoms with Crippen LogP contribution in [-0.4, -0.2) is 25.7 Å². The Labute approximate surface area is 176 Å². The second-order valence-corrected chi connectivity index (χ2v) is 6.70. The number of phenols is 2. The smallest absolute Gasteiger partial charge is 0.450 e. The van der Waals surface area contributed by atoms with Gasteiger partial charge in [-0.15, -0.1) is 0 Å². The highest BCUT2D eigenvalue weighted by molar-refractivity contribution is 6.04. The van der Waals surface area contributed by atoms with Crippen molar-refractivity contribution in [2.75, 3.05) is 5.32 Å². The predicted molar refractivity (Wildman–Crippen MR) is 104 cm³/mol. The van der Waals surface area contributed by atoms with Crippen LogP contribution in [0.15, 0.2) is 54.6 Å². The quantitative estimate of drug-likeness (QED) is 0.304. The van der Waals surface area contributed by atoms with Crippen LogP contribution in [0.1, 0.15) is 16.2 Å².